The van der Waals surface area contributed by atoms with Crippen molar-refractivity contribution in [1.82, 2.24) is 9.78 Å². The summed E-state index contributed by atoms with van der Waals surface area (Å²) >= 11 is 0. The number of benzene rings is 1. The van der Waals surface area contributed by atoms with Gasteiger partial charge in [-0.25, -0.2) is 4.68 Å². The second kappa shape index (κ2) is 5.75. The van der Waals surface area contributed by atoms with Crippen LogP contribution in [-0.2, 0) is 18.4 Å². The van der Waals surface area contributed by atoms with Gasteiger partial charge in [-0.3, -0.25) is 4.79 Å². The van der Waals surface area contributed by atoms with E-state index in [1.807, 2.05) is 19.1 Å². The third-order valence-electron chi connectivity index (χ3n) is 2.90. The first-order valence-electron chi connectivity index (χ1n) is 6.30. The summed E-state index contributed by atoms with van der Waals surface area (Å²) in [6, 6.07) is 7.23. The minimum absolute atomic E-state index is 0.152. The number of nitrogens with zero attached hydrogens (tertiary/aromatic N) is 2. The van der Waals surface area contributed by atoms with Gasteiger partial charge in [0.2, 0.25) is 11.8 Å². The van der Waals surface area contributed by atoms with E-state index >= 15 is 0 Å². The minimum atomic E-state index is -0.152. The maximum atomic E-state index is 11.2. The zero-order chi connectivity index (χ0) is 14.7. The molecule has 1 aromatic heterocycles. The van der Waals surface area contributed by atoms with Crippen molar-refractivity contribution in [3.63, 3.8) is 0 Å². The van der Waals surface area contributed by atoms with Crippen LogP contribution in [0.4, 0.5) is 5.69 Å². The maximum absolute atomic E-state index is 11.2. The molecule has 0 spiro atoms. The third-order valence-corrected chi connectivity index (χ3v) is 2.90. The number of rotatable bonds is 4. The van der Waals surface area contributed by atoms with Gasteiger partial charge in [0.05, 0.1) is 16.9 Å². The van der Waals surface area contributed by atoms with Gasteiger partial charge >= 0.3 is 0 Å². The average Bonchev–Trinajstić information content (AvgIpc) is 2.65. The molecule has 0 atom stereocenters. The van der Waals surface area contributed by atoms with E-state index in [9.17, 15) is 4.79 Å². The van der Waals surface area contributed by atoms with Crippen molar-refractivity contribution in [3.8, 4) is 11.6 Å². The molecule has 0 saturated heterocycles. The normalized spacial score (nSPS) is 10.4. The molecule has 0 aliphatic heterocycles. The van der Waals surface area contributed by atoms with Crippen LogP contribution in [0.25, 0.3) is 0 Å². The number of nitrogens with two attached hydrogens (primary N) is 1. The van der Waals surface area contributed by atoms with Crippen LogP contribution in [0.2, 0.25) is 0 Å². The molecule has 0 unspecified atom stereocenters. The lowest BCUT2D eigenvalue weighted by atomic mass is 10.2. The van der Waals surface area contributed by atoms with Crippen LogP contribution < -0.4 is 15.8 Å². The Balaban J connectivity index is 2.37. The predicted molar refractivity (Wildman–Crippen MR) is 76.7 cm³/mol. The molecule has 1 heterocycles. The van der Waals surface area contributed by atoms with Crippen molar-refractivity contribution >= 4 is 11.6 Å². The van der Waals surface area contributed by atoms with E-state index in [1.165, 1.54) is 6.92 Å². The summed E-state index contributed by atoms with van der Waals surface area (Å²) in [5, 5.41) is 7.03. The summed E-state index contributed by atoms with van der Waals surface area (Å²) in [4.78, 5) is 11.2. The zero-order valence-corrected chi connectivity index (χ0v) is 11.8. The predicted octanol–water partition coefficient (Wildman–Crippen LogP) is 1.94. The summed E-state index contributed by atoms with van der Waals surface area (Å²) in [5.41, 5.74) is 8.03. The van der Waals surface area contributed by atoms with E-state index in [4.69, 9.17) is 10.5 Å². The summed E-state index contributed by atoms with van der Waals surface area (Å²) in [7, 11) is 1.79. The highest BCUT2D eigenvalue weighted by Gasteiger charge is 2.15. The Morgan fingerprint density at radius 2 is 2.15 bits per heavy atom. The largest absolute Gasteiger partial charge is 0.437 e. The minimum Gasteiger partial charge on any atom is -0.437 e. The fourth-order valence-electron chi connectivity index (χ4n) is 2.00. The Kier molecular flexibility index (Phi) is 4.05. The molecule has 2 rings (SSSR count). The Morgan fingerprint density at radius 3 is 2.80 bits per heavy atom. The summed E-state index contributed by atoms with van der Waals surface area (Å²) in [6.45, 7) is 3.68. The Labute approximate surface area is 117 Å². The average molecular weight is 274 g/mol. The number of hydrogen-bond donors (Lipinski definition) is 2. The number of aryl methyl sites for hydroxylation is 2. The van der Waals surface area contributed by atoms with Crippen LogP contribution in [-0.4, -0.2) is 15.7 Å². The second-order valence-electron chi connectivity index (χ2n) is 4.48. The maximum Gasteiger partial charge on any atom is 0.222 e. The highest BCUT2D eigenvalue weighted by Crippen LogP contribution is 2.32. The lowest BCUT2D eigenvalue weighted by Crippen LogP contribution is -2.08. The molecular formula is C14H18N4O2. The monoisotopic (exact) mass is 274 g/mol. The van der Waals surface area contributed by atoms with Crippen molar-refractivity contribution in [2.75, 3.05) is 5.32 Å². The molecule has 6 heteroatoms. The summed E-state index contributed by atoms with van der Waals surface area (Å²) in [6.07, 6.45) is 0. The molecule has 1 aromatic carbocycles. The standard InChI is InChI=1S/C14H18N4O2/c1-9-11(8-15)14(18(3)17-9)20-13-7-5-4-6-12(13)16-10(2)19/h4-7H,8,15H2,1-3H3,(H,16,19). The molecule has 3 N–H and O–H groups in total. The van der Waals surface area contributed by atoms with Crippen LogP contribution >= 0.6 is 0 Å². The first-order valence-corrected chi connectivity index (χ1v) is 6.30. The number of para-hydroxylation sites is 2. The van der Waals surface area contributed by atoms with Crippen molar-refractivity contribution in [2.24, 2.45) is 12.8 Å². The molecule has 0 saturated carbocycles. The highest BCUT2D eigenvalue weighted by molar-refractivity contribution is 5.90. The number of carbonyl (C=O) groups excluding carboxylic acids is 1. The van der Waals surface area contributed by atoms with E-state index in [2.05, 4.69) is 10.4 Å². The van der Waals surface area contributed by atoms with Crippen molar-refractivity contribution in [3.05, 3.63) is 35.5 Å². The third kappa shape index (κ3) is 2.80. The number of ether oxygens (including phenoxy) is 1. The Hall–Kier alpha value is -2.34. The van der Waals surface area contributed by atoms with Gasteiger partial charge in [-0.15, -0.1) is 0 Å². The second-order valence-corrected chi connectivity index (χ2v) is 4.48. The van der Waals surface area contributed by atoms with Gasteiger partial charge in [0, 0.05) is 20.5 Å². The molecule has 0 radical (unpaired) electrons. The van der Waals surface area contributed by atoms with E-state index in [-0.39, 0.29) is 5.91 Å². The van der Waals surface area contributed by atoms with Crippen LogP contribution in [0.15, 0.2) is 24.3 Å². The van der Waals surface area contributed by atoms with Crippen molar-refractivity contribution < 1.29 is 9.53 Å². The quantitative estimate of drug-likeness (QED) is 0.892. The number of anilines is 1. The first-order chi connectivity index (χ1) is 9.52. The Bertz CT molecular complexity index is 634. The number of nitrogens with one attached hydrogen (secondary N) is 1. The molecule has 1 amide bonds. The van der Waals surface area contributed by atoms with Crippen molar-refractivity contribution in [1.29, 1.82) is 0 Å². The van der Waals surface area contributed by atoms with Gasteiger partial charge in [0.15, 0.2) is 5.75 Å². The van der Waals surface area contributed by atoms with Crippen LogP contribution in [0.1, 0.15) is 18.2 Å². The van der Waals surface area contributed by atoms with Crippen LogP contribution in [0.5, 0.6) is 11.6 Å². The van der Waals surface area contributed by atoms with E-state index < -0.39 is 0 Å². The highest BCUT2D eigenvalue weighted by atomic mass is 16.5. The molecular weight excluding hydrogens is 256 g/mol. The Morgan fingerprint density at radius 1 is 1.45 bits per heavy atom. The number of amides is 1. The fraction of sp³-hybridized carbons (Fsp3) is 0.286. The molecule has 0 fully saturated rings. The molecule has 0 bridgehead atoms. The molecule has 2 aromatic rings. The van der Waals surface area contributed by atoms with Gasteiger partial charge in [-0.1, -0.05) is 12.1 Å². The van der Waals surface area contributed by atoms with Gasteiger partial charge in [-0.05, 0) is 19.1 Å². The van der Waals surface area contributed by atoms with E-state index in [0.29, 0.717) is 23.9 Å². The fourth-order valence-corrected chi connectivity index (χ4v) is 2.00. The van der Waals surface area contributed by atoms with Gasteiger partial charge in [-0.2, -0.15) is 5.10 Å². The van der Waals surface area contributed by atoms with Gasteiger partial charge in [0.1, 0.15) is 0 Å². The van der Waals surface area contributed by atoms with E-state index in [0.717, 1.165) is 11.3 Å². The SMILES string of the molecule is CC(=O)Nc1ccccc1Oc1c(CN)c(C)nn1C. The number of hydrogen-bond acceptors (Lipinski definition) is 4. The zero-order valence-electron chi connectivity index (χ0n) is 11.8. The topological polar surface area (TPSA) is 82.2 Å². The molecule has 20 heavy (non-hydrogen) atoms. The molecule has 6 nitrogen and oxygen atoms in total. The van der Waals surface area contributed by atoms with Crippen LogP contribution in [0, 0.1) is 6.92 Å². The summed E-state index contributed by atoms with van der Waals surface area (Å²) < 4.78 is 7.53. The number of carbonyl (C=O) groups is 1. The smallest absolute Gasteiger partial charge is 0.222 e. The van der Waals surface area contributed by atoms with Gasteiger partial charge < -0.3 is 15.8 Å². The van der Waals surface area contributed by atoms with Gasteiger partial charge in [0.25, 0.3) is 0 Å². The van der Waals surface area contributed by atoms with Crippen molar-refractivity contribution in [2.45, 2.75) is 20.4 Å². The van der Waals surface area contributed by atoms with E-state index in [1.54, 1.807) is 23.9 Å². The van der Waals surface area contributed by atoms with Crippen LogP contribution in [0.3, 0.4) is 0 Å². The number of aromatic nitrogens is 2. The first kappa shape index (κ1) is 14.1. The molecule has 106 valence electrons. The lowest BCUT2D eigenvalue weighted by molar-refractivity contribution is -0.114. The summed E-state index contributed by atoms with van der Waals surface area (Å²) in [5.74, 6) is 0.990. The molecule has 0 aliphatic rings. The lowest BCUT2D eigenvalue weighted by Gasteiger charge is -2.12. The molecule has 0 aliphatic carbocycles.